The van der Waals surface area contributed by atoms with E-state index >= 15 is 0 Å². The maximum absolute atomic E-state index is 13.0. The molecule has 13 heteroatoms. The molecule has 2 atom stereocenters. The number of ether oxygens (including phenoxy) is 1. The third kappa shape index (κ3) is 4.22. The second-order valence-corrected chi connectivity index (χ2v) is 9.97. The van der Waals surface area contributed by atoms with E-state index in [1.165, 1.54) is 30.4 Å². The van der Waals surface area contributed by atoms with E-state index in [0.29, 0.717) is 24.1 Å². The van der Waals surface area contributed by atoms with Gasteiger partial charge in [0.2, 0.25) is 5.91 Å². The van der Waals surface area contributed by atoms with E-state index in [9.17, 15) is 18.0 Å². The summed E-state index contributed by atoms with van der Waals surface area (Å²) in [6, 6.07) is 0. The lowest BCUT2D eigenvalue weighted by Crippen LogP contribution is -2.58. The zero-order valence-electron chi connectivity index (χ0n) is 17.8. The summed E-state index contributed by atoms with van der Waals surface area (Å²) < 4.78 is 37.3. The molecule has 0 N–H and O–H groups in total. The van der Waals surface area contributed by atoms with E-state index < -0.39 is 10.2 Å². The van der Waals surface area contributed by atoms with Gasteiger partial charge in [0.15, 0.2) is 5.65 Å². The van der Waals surface area contributed by atoms with Crippen LogP contribution < -0.4 is 5.56 Å². The largest absolute Gasteiger partial charge is 0.373 e. The van der Waals surface area contributed by atoms with Crippen molar-refractivity contribution in [2.24, 2.45) is 7.05 Å². The average Bonchev–Trinajstić information content (AvgIpc) is 3.11. The van der Waals surface area contributed by atoms with Crippen molar-refractivity contribution in [1.82, 2.24) is 32.8 Å². The predicted octanol–water partition coefficient (Wildman–Crippen LogP) is -1.37. The van der Waals surface area contributed by atoms with Gasteiger partial charge in [-0.2, -0.15) is 22.1 Å². The van der Waals surface area contributed by atoms with Gasteiger partial charge in [0.05, 0.1) is 18.4 Å². The number of aromatic nitrogens is 4. The molecule has 2 saturated heterocycles. The third-order valence-electron chi connectivity index (χ3n) is 5.65. The van der Waals surface area contributed by atoms with Gasteiger partial charge in [-0.1, -0.05) is 0 Å². The summed E-state index contributed by atoms with van der Waals surface area (Å²) in [6.07, 6.45) is 2.45. The van der Waals surface area contributed by atoms with E-state index in [4.69, 9.17) is 4.74 Å². The maximum atomic E-state index is 13.0. The van der Waals surface area contributed by atoms with Crippen LogP contribution in [0.1, 0.15) is 13.8 Å². The van der Waals surface area contributed by atoms with Crippen molar-refractivity contribution < 1.29 is 17.9 Å². The van der Waals surface area contributed by atoms with Crippen LogP contribution >= 0.6 is 0 Å². The molecule has 4 rings (SSSR count). The van der Waals surface area contributed by atoms with Gasteiger partial charge in [-0.15, -0.1) is 0 Å². The Kier molecular flexibility index (Phi) is 5.85. The minimum absolute atomic E-state index is 0.151. The number of aryl methyl sites for hydroxylation is 1. The van der Waals surface area contributed by atoms with Crippen molar-refractivity contribution in [2.45, 2.75) is 32.6 Å². The highest BCUT2D eigenvalue weighted by Gasteiger charge is 2.37. The molecular weight excluding hydrogens is 426 g/mol. The molecule has 31 heavy (non-hydrogen) atoms. The Morgan fingerprint density at radius 2 is 1.77 bits per heavy atom. The van der Waals surface area contributed by atoms with Crippen molar-refractivity contribution >= 4 is 27.1 Å². The van der Waals surface area contributed by atoms with E-state index in [1.54, 1.807) is 11.9 Å². The Morgan fingerprint density at radius 1 is 1.13 bits per heavy atom. The fourth-order valence-electron chi connectivity index (χ4n) is 4.08. The minimum Gasteiger partial charge on any atom is -0.373 e. The number of carbonyl (C=O) groups is 1. The molecule has 170 valence electrons. The van der Waals surface area contributed by atoms with Crippen molar-refractivity contribution in [3.63, 3.8) is 0 Å². The second-order valence-electron chi connectivity index (χ2n) is 8.04. The van der Waals surface area contributed by atoms with Gasteiger partial charge in [-0.25, -0.2) is 4.98 Å². The molecule has 0 saturated carbocycles. The molecule has 0 unspecified atom stereocenters. The topological polar surface area (TPSA) is 123 Å². The number of hydrogen-bond acceptors (Lipinski definition) is 7. The first-order chi connectivity index (χ1) is 14.7. The number of piperazine rings is 1. The predicted molar refractivity (Wildman–Crippen MR) is 111 cm³/mol. The molecule has 2 fully saturated rings. The molecule has 2 aromatic heterocycles. The summed E-state index contributed by atoms with van der Waals surface area (Å²) in [5.74, 6) is -0.252. The van der Waals surface area contributed by atoms with Crippen LogP contribution in [0.3, 0.4) is 0 Å². The first kappa shape index (κ1) is 21.9. The Bertz CT molecular complexity index is 1130. The first-order valence-electron chi connectivity index (χ1n) is 10.2. The van der Waals surface area contributed by atoms with Crippen molar-refractivity contribution in [1.29, 1.82) is 0 Å². The Balaban J connectivity index is 1.39. The molecule has 12 nitrogen and oxygen atoms in total. The SMILES string of the molecule is C[C@@H]1CN(S(=O)(=O)N2CCN(C(=O)Cn3cnc4c(cnn4C)c3=O)CC2)C[C@H](C)O1. The monoisotopic (exact) mass is 453 g/mol. The first-order valence-corrected chi connectivity index (χ1v) is 11.6. The molecule has 0 bridgehead atoms. The summed E-state index contributed by atoms with van der Waals surface area (Å²) in [7, 11) is -1.92. The van der Waals surface area contributed by atoms with Crippen LogP contribution in [0.25, 0.3) is 11.0 Å². The lowest BCUT2D eigenvalue weighted by atomic mass is 10.3. The fourth-order valence-corrected chi connectivity index (χ4v) is 5.82. The summed E-state index contributed by atoms with van der Waals surface area (Å²) in [4.78, 5) is 31.1. The third-order valence-corrected chi connectivity index (χ3v) is 7.62. The molecule has 1 amide bonds. The number of fused-ring (bicyclic) bond motifs is 1. The highest BCUT2D eigenvalue weighted by Crippen LogP contribution is 2.19. The van der Waals surface area contributed by atoms with Crippen molar-refractivity contribution in [2.75, 3.05) is 39.3 Å². The summed E-state index contributed by atoms with van der Waals surface area (Å²) in [5.41, 5.74) is 0.127. The fraction of sp³-hybridized carbons (Fsp3) is 0.667. The molecule has 2 aliphatic rings. The molecule has 4 heterocycles. The van der Waals surface area contributed by atoms with E-state index in [-0.39, 0.29) is 56.4 Å². The zero-order chi connectivity index (χ0) is 22.3. The van der Waals surface area contributed by atoms with Crippen LogP contribution in [-0.2, 0) is 33.3 Å². The van der Waals surface area contributed by atoms with Crippen LogP contribution in [-0.4, -0.2) is 98.6 Å². The van der Waals surface area contributed by atoms with Crippen LogP contribution in [0.4, 0.5) is 0 Å². The molecule has 2 aliphatic heterocycles. The normalized spacial score (nSPS) is 24.0. The van der Waals surface area contributed by atoms with Crippen molar-refractivity contribution in [3.8, 4) is 0 Å². The molecule has 2 aromatic rings. The standard InChI is InChI=1S/C18H27N7O5S/c1-13-9-25(10-14(2)30-13)31(28,29)24-6-4-22(5-7-24)16(26)11-23-12-19-17-15(18(23)27)8-20-21(17)3/h8,12-14H,4-7,9-11H2,1-3H3/t13-,14+. The van der Waals surface area contributed by atoms with Gasteiger partial charge >= 0.3 is 0 Å². The van der Waals surface area contributed by atoms with Crippen LogP contribution in [0.2, 0.25) is 0 Å². The maximum Gasteiger partial charge on any atom is 0.282 e. The summed E-state index contributed by atoms with van der Waals surface area (Å²) in [5, 5.41) is 4.37. The van der Waals surface area contributed by atoms with Gasteiger partial charge in [0.1, 0.15) is 18.3 Å². The molecule has 0 radical (unpaired) electrons. The Morgan fingerprint density at radius 3 is 2.42 bits per heavy atom. The molecule has 0 aliphatic carbocycles. The van der Waals surface area contributed by atoms with Gasteiger partial charge in [0, 0.05) is 46.3 Å². The van der Waals surface area contributed by atoms with Gasteiger partial charge in [0.25, 0.3) is 15.8 Å². The van der Waals surface area contributed by atoms with Gasteiger partial charge in [-0.05, 0) is 13.8 Å². The lowest BCUT2D eigenvalue weighted by molar-refractivity contribution is -0.133. The molecular formula is C18H27N7O5S. The van der Waals surface area contributed by atoms with E-state index in [0.717, 1.165) is 0 Å². The quantitative estimate of drug-likeness (QED) is 0.560. The number of carbonyl (C=O) groups excluding carboxylic acids is 1. The summed E-state index contributed by atoms with van der Waals surface area (Å²) in [6.45, 7) is 5.16. The van der Waals surface area contributed by atoms with Gasteiger partial charge in [-0.3, -0.25) is 18.8 Å². The number of nitrogens with zero attached hydrogens (tertiary/aromatic N) is 7. The highest BCUT2D eigenvalue weighted by molar-refractivity contribution is 7.86. The smallest absolute Gasteiger partial charge is 0.282 e. The van der Waals surface area contributed by atoms with E-state index in [1.807, 2.05) is 13.8 Å². The number of hydrogen-bond donors (Lipinski definition) is 0. The number of rotatable bonds is 4. The second kappa shape index (κ2) is 8.30. The Hall–Kier alpha value is -2.35. The van der Waals surface area contributed by atoms with Crippen LogP contribution in [0.5, 0.6) is 0 Å². The van der Waals surface area contributed by atoms with Crippen LogP contribution in [0, 0.1) is 0 Å². The van der Waals surface area contributed by atoms with E-state index in [2.05, 4.69) is 10.1 Å². The van der Waals surface area contributed by atoms with Crippen molar-refractivity contribution in [3.05, 3.63) is 22.9 Å². The molecule has 0 aromatic carbocycles. The minimum atomic E-state index is -3.61. The summed E-state index contributed by atoms with van der Waals surface area (Å²) >= 11 is 0. The number of morpholine rings is 1. The Labute approximate surface area is 180 Å². The zero-order valence-corrected chi connectivity index (χ0v) is 18.7. The van der Waals surface area contributed by atoms with Gasteiger partial charge < -0.3 is 9.64 Å². The molecule has 0 spiro atoms. The lowest BCUT2D eigenvalue weighted by Gasteiger charge is -2.40. The average molecular weight is 454 g/mol. The van der Waals surface area contributed by atoms with Crippen LogP contribution in [0.15, 0.2) is 17.3 Å². The highest BCUT2D eigenvalue weighted by atomic mass is 32.2. The number of amides is 1.